The zero-order chi connectivity index (χ0) is 12.9. The van der Waals surface area contributed by atoms with Gasteiger partial charge in [-0.15, -0.1) is 0 Å². The lowest BCUT2D eigenvalue weighted by Crippen LogP contribution is -2.01. The van der Waals surface area contributed by atoms with Crippen molar-refractivity contribution in [3.05, 3.63) is 71.9 Å². The van der Waals surface area contributed by atoms with E-state index in [-0.39, 0.29) is 0 Å². The summed E-state index contributed by atoms with van der Waals surface area (Å²) in [7, 11) is 0. The van der Waals surface area contributed by atoms with Crippen molar-refractivity contribution in [1.29, 1.82) is 0 Å². The molecule has 2 heterocycles. The highest BCUT2D eigenvalue weighted by atomic mass is 14.7. The van der Waals surface area contributed by atoms with Gasteiger partial charge in [0.15, 0.2) is 0 Å². The third kappa shape index (κ3) is 2.74. The van der Waals surface area contributed by atoms with Crippen LogP contribution in [0.15, 0.2) is 65.8 Å². The quantitative estimate of drug-likeness (QED) is 0.626. The summed E-state index contributed by atoms with van der Waals surface area (Å²) < 4.78 is 0. The van der Waals surface area contributed by atoms with E-state index in [0.717, 1.165) is 13.0 Å². The van der Waals surface area contributed by atoms with E-state index in [1.807, 2.05) is 24.5 Å². The van der Waals surface area contributed by atoms with Crippen molar-refractivity contribution < 1.29 is 0 Å². The van der Waals surface area contributed by atoms with Crippen LogP contribution in [0.5, 0.6) is 0 Å². The fraction of sp³-hybridized carbons (Fsp3) is 0.118. The normalized spacial score (nSPS) is 12.6. The van der Waals surface area contributed by atoms with E-state index in [2.05, 4.69) is 52.4 Å². The molecule has 3 aromatic rings. The molecule has 4 rings (SSSR count). The molecule has 1 aliphatic heterocycles. The zero-order valence-electron chi connectivity index (χ0n) is 10.7. The van der Waals surface area contributed by atoms with E-state index in [1.54, 1.807) is 0 Å². The van der Waals surface area contributed by atoms with Gasteiger partial charge in [0.2, 0.25) is 0 Å². The van der Waals surface area contributed by atoms with Crippen molar-refractivity contribution in [1.82, 2.24) is 4.98 Å². The second-order valence-electron chi connectivity index (χ2n) is 4.55. The Morgan fingerprint density at radius 1 is 0.895 bits per heavy atom. The number of hydrogen-bond acceptors (Lipinski definition) is 1. The third-order valence-corrected chi connectivity index (χ3v) is 3.26. The first-order valence-electron chi connectivity index (χ1n) is 6.53. The number of benzene rings is 2. The number of aromatic amines is 1. The van der Waals surface area contributed by atoms with Crippen LogP contribution in [0.1, 0.15) is 11.1 Å². The second kappa shape index (κ2) is 5.53. The van der Waals surface area contributed by atoms with Crippen molar-refractivity contribution in [2.45, 2.75) is 6.42 Å². The number of rotatable bonds is 0. The Morgan fingerprint density at radius 3 is 2.63 bits per heavy atom. The molecule has 1 aliphatic rings. The van der Waals surface area contributed by atoms with Crippen molar-refractivity contribution >= 4 is 17.1 Å². The van der Waals surface area contributed by atoms with E-state index in [1.165, 1.54) is 22.0 Å². The maximum atomic E-state index is 4.19. The van der Waals surface area contributed by atoms with Crippen LogP contribution in [0.25, 0.3) is 10.9 Å². The molecule has 0 spiro atoms. The second-order valence-corrected chi connectivity index (χ2v) is 4.55. The number of nitrogens with zero attached hydrogens (tertiary/aromatic N) is 1. The summed E-state index contributed by atoms with van der Waals surface area (Å²) in [5, 5.41) is 1.28. The van der Waals surface area contributed by atoms with Gasteiger partial charge >= 0.3 is 0 Å². The summed E-state index contributed by atoms with van der Waals surface area (Å²) in [6, 6.07) is 18.7. The minimum absolute atomic E-state index is 0.955. The summed E-state index contributed by atoms with van der Waals surface area (Å²) in [5.41, 5.74) is 3.92. The highest BCUT2D eigenvalue weighted by molar-refractivity contribution is 5.82. The molecule has 0 radical (unpaired) electrons. The minimum Gasteiger partial charge on any atom is -0.361 e. The average molecular weight is 248 g/mol. The van der Waals surface area contributed by atoms with Crippen LogP contribution in [-0.4, -0.2) is 17.7 Å². The van der Waals surface area contributed by atoms with Gasteiger partial charge in [0.05, 0.1) is 0 Å². The Hall–Kier alpha value is -2.35. The highest BCUT2D eigenvalue weighted by Crippen LogP contribution is 2.10. The van der Waals surface area contributed by atoms with E-state index in [0.29, 0.717) is 0 Å². The van der Waals surface area contributed by atoms with E-state index >= 15 is 0 Å². The molecule has 0 bridgehead atoms. The summed E-state index contributed by atoms with van der Waals surface area (Å²) in [4.78, 5) is 7.31. The van der Waals surface area contributed by atoms with Gasteiger partial charge in [0.1, 0.15) is 0 Å². The first-order valence-corrected chi connectivity index (χ1v) is 6.53. The van der Waals surface area contributed by atoms with Gasteiger partial charge in [-0.05, 0) is 35.1 Å². The van der Waals surface area contributed by atoms with Gasteiger partial charge in [-0.25, -0.2) is 0 Å². The van der Waals surface area contributed by atoms with Crippen LogP contribution < -0.4 is 0 Å². The molecule has 1 aromatic heterocycles. The number of hydrogen-bond donors (Lipinski definition) is 1. The standard InChI is InChI=1S/C9H9N.C8H7N/c1-2-4-9-7-10-6-5-8(9)3-1;1-2-4-8-7(3-1)5-6-9-8/h1-4,7H,5-6H2;1-6,9H. The van der Waals surface area contributed by atoms with Gasteiger partial charge < -0.3 is 4.98 Å². The lowest BCUT2D eigenvalue weighted by atomic mass is 10.0. The van der Waals surface area contributed by atoms with E-state index in [4.69, 9.17) is 0 Å². The Labute approximate surface area is 112 Å². The fourth-order valence-corrected chi connectivity index (χ4v) is 2.23. The van der Waals surface area contributed by atoms with E-state index in [9.17, 15) is 0 Å². The fourth-order valence-electron chi connectivity index (χ4n) is 2.23. The molecule has 1 N–H and O–H groups in total. The molecule has 2 nitrogen and oxygen atoms in total. The van der Waals surface area contributed by atoms with Gasteiger partial charge in [0, 0.05) is 24.5 Å². The Kier molecular flexibility index (Phi) is 3.41. The Morgan fingerprint density at radius 2 is 1.74 bits per heavy atom. The van der Waals surface area contributed by atoms with Crippen LogP contribution in [0.4, 0.5) is 0 Å². The molecule has 0 saturated heterocycles. The predicted octanol–water partition coefficient (Wildman–Crippen LogP) is 3.83. The number of H-pyrrole nitrogens is 1. The molecule has 0 fully saturated rings. The molecule has 2 aromatic carbocycles. The molecule has 0 atom stereocenters. The molecule has 0 amide bonds. The van der Waals surface area contributed by atoms with Crippen LogP contribution in [-0.2, 0) is 6.42 Å². The number of nitrogens with one attached hydrogen (secondary N) is 1. The van der Waals surface area contributed by atoms with Crippen molar-refractivity contribution in [2.24, 2.45) is 4.99 Å². The molecular formula is C17H16N2. The van der Waals surface area contributed by atoms with E-state index < -0.39 is 0 Å². The maximum Gasteiger partial charge on any atom is 0.0453 e. The van der Waals surface area contributed by atoms with Crippen LogP contribution in [0.2, 0.25) is 0 Å². The van der Waals surface area contributed by atoms with Gasteiger partial charge in [0.25, 0.3) is 0 Å². The highest BCUT2D eigenvalue weighted by Gasteiger charge is 2.01. The number of aliphatic imine (C=N–C) groups is 1. The van der Waals surface area contributed by atoms with Crippen molar-refractivity contribution in [2.75, 3.05) is 6.54 Å². The predicted molar refractivity (Wildman–Crippen MR) is 80.9 cm³/mol. The summed E-state index contributed by atoms with van der Waals surface area (Å²) in [6.45, 7) is 0.955. The number of fused-ring (bicyclic) bond motifs is 2. The van der Waals surface area contributed by atoms with Gasteiger partial charge in [-0.1, -0.05) is 42.5 Å². The monoisotopic (exact) mass is 248 g/mol. The van der Waals surface area contributed by atoms with Crippen LogP contribution in [0.3, 0.4) is 0 Å². The summed E-state index contributed by atoms with van der Waals surface area (Å²) >= 11 is 0. The summed E-state index contributed by atoms with van der Waals surface area (Å²) in [6.07, 6.45) is 5.01. The Balaban J connectivity index is 0.000000117. The SMILES string of the molecule is C1=NCCc2ccccc21.c1ccc2[nH]ccc2c1. The van der Waals surface area contributed by atoms with Crippen LogP contribution in [0, 0.1) is 0 Å². The molecule has 2 heteroatoms. The molecule has 0 unspecified atom stereocenters. The molecule has 94 valence electrons. The van der Waals surface area contributed by atoms with Gasteiger partial charge in [-0.3, -0.25) is 4.99 Å². The first-order chi connectivity index (χ1) is 9.43. The average Bonchev–Trinajstić information content (AvgIpc) is 2.96. The first kappa shape index (κ1) is 11.7. The number of aromatic nitrogens is 1. The van der Waals surface area contributed by atoms with Crippen LogP contribution >= 0.6 is 0 Å². The van der Waals surface area contributed by atoms with Gasteiger partial charge in [-0.2, -0.15) is 0 Å². The van der Waals surface area contributed by atoms with Crippen molar-refractivity contribution in [3.8, 4) is 0 Å². The lowest BCUT2D eigenvalue weighted by Gasteiger charge is -2.07. The summed E-state index contributed by atoms with van der Waals surface area (Å²) in [5.74, 6) is 0. The maximum absolute atomic E-state index is 4.19. The smallest absolute Gasteiger partial charge is 0.0453 e. The van der Waals surface area contributed by atoms with Crippen molar-refractivity contribution in [3.63, 3.8) is 0 Å². The molecule has 0 aliphatic carbocycles. The molecular weight excluding hydrogens is 232 g/mol. The Bertz CT molecular complexity index is 665. The largest absolute Gasteiger partial charge is 0.361 e. The third-order valence-electron chi connectivity index (χ3n) is 3.26. The lowest BCUT2D eigenvalue weighted by molar-refractivity contribution is 0.952. The zero-order valence-corrected chi connectivity index (χ0v) is 10.7. The molecule has 0 saturated carbocycles. The topological polar surface area (TPSA) is 28.1 Å². The minimum atomic E-state index is 0.955. The molecule has 19 heavy (non-hydrogen) atoms. The number of para-hydroxylation sites is 1.